The number of aryl methyl sites for hydroxylation is 1. The van der Waals surface area contributed by atoms with E-state index >= 15 is 0 Å². The van der Waals surface area contributed by atoms with E-state index in [1.807, 2.05) is 61.7 Å². The SMILES string of the molecule is CC(C)[C@H](NC(=O)OCc1ccccc1)C(=O)NCCCc1nc(-c2ccncc2)cs1. The number of aromatic nitrogens is 2. The van der Waals surface area contributed by atoms with Crippen molar-refractivity contribution < 1.29 is 14.3 Å². The molecule has 0 fully saturated rings. The molecule has 168 valence electrons. The summed E-state index contributed by atoms with van der Waals surface area (Å²) in [5.41, 5.74) is 2.87. The van der Waals surface area contributed by atoms with Crippen LogP contribution in [0.15, 0.2) is 60.2 Å². The average Bonchev–Trinajstić information content (AvgIpc) is 3.29. The normalized spacial score (nSPS) is 11.7. The van der Waals surface area contributed by atoms with Crippen molar-refractivity contribution in [2.45, 2.75) is 39.3 Å². The number of alkyl carbamates (subject to hydrolysis) is 1. The van der Waals surface area contributed by atoms with Crippen LogP contribution in [0.2, 0.25) is 0 Å². The van der Waals surface area contributed by atoms with Gasteiger partial charge in [0.05, 0.1) is 10.7 Å². The summed E-state index contributed by atoms with van der Waals surface area (Å²) in [4.78, 5) is 33.4. The van der Waals surface area contributed by atoms with Gasteiger partial charge in [-0.25, -0.2) is 9.78 Å². The first-order valence-corrected chi connectivity index (χ1v) is 11.5. The molecular weight excluding hydrogens is 424 g/mol. The lowest BCUT2D eigenvalue weighted by molar-refractivity contribution is -0.124. The minimum Gasteiger partial charge on any atom is -0.445 e. The molecule has 3 rings (SSSR count). The Balaban J connectivity index is 1.41. The zero-order valence-electron chi connectivity index (χ0n) is 18.3. The first-order valence-electron chi connectivity index (χ1n) is 10.6. The minimum atomic E-state index is -0.656. The fourth-order valence-electron chi connectivity index (χ4n) is 3.07. The highest BCUT2D eigenvalue weighted by Gasteiger charge is 2.24. The molecule has 0 aliphatic carbocycles. The van der Waals surface area contributed by atoms with Crippen LogP contribution in [0.3, 0.4) is 0 Å². The van der Waals surface area contributed by atoms with Crippen molar-refractivity contribution in [2.24, 2.45) is 5.92 Å². The molecule has 0 bridgehead atoms. The third kappa shape index (κ3) is 7.16. The summed E-state index contributed by atoms with van der Waals surface area (Å²) in [5.74, 6) is -0.283. The molecule has 2 amide bonds. The van der Waals surface area contributed by atoms with Crippen LogP contribution in [0.25, 0.3) is 11.3 Å². The van der Waals surface area contributed by atoms with Crippen LogP contribution in [0, 0.1) is 5.92 Å². The summed E-state index contributed by atoms with van der Waals surface area (Å²) in [5, 5.41) is 8.64. The maximum absolute atomic E-state index is 12.6. The monoisotopic (exact) mass is 452 g/mol. The number of benzene rings is 1. The van der Waals surface area contributed by atoms with E-state index in [-0.39, 0.29) is 18.4 Å². The molecule has 0 unspecified atom stereocenters. The molecule has 3 aromatic rings. The lowest BCUT2D eigenvalue weighted by Crippen LogP contribution is -2.50. The first-order chi connectivity index (χ1) is 15.5. The summed E-state index contributed by atoms with van der Waals surface area (Å²) in [6.45, 7) is 4.44. The number of pyridine rings is 1. The molecule has 1 atom stereocenters. The molecule has 2 N–H and O–H groups in total. The van der Waals surface area contributed by atoms with Crippen molar-refractivity contribution >= 4 is 23.3 Å². The summed E-state index contributed by atoms with van der Waals surface area (Å²) in [6.07, 6.45) is 4.43. The number of nitrogens with one attached hydrogen (secondary N) is 2. The zero-order valence-corrected chi connectivity index (χ0v) is 19.1. The van der Waals surface area contributed by atoms with Crippen LogP contribution in [0.4, 0.5) is 4.79 Å². The fourth-order valence-corrected chi connectivity index (χ4v) is 3.92. The molecule has 0 saturated carbocycles. The van der Waals surface area contributed by atoms with Gasteiger partial charge in [-0.15, -0.1) is 11.3 Å². The second kappa shape index (κ2) is 12.0. The van der Waals surface area contributed by atoms with Crippen molar-refractivity contribution in [3.63, 3.8) is 0 Å². The molecule has 0 aliphatic rings. The van der Waals surface area contributed by atoms with Crippen molar-refractivity contribution in [1.82, 2.24) is 20.6 Å². The highest BCUT2D eigenvalue weighted by molar-refractivity contribution is 7.09. The van der Waals surface area contributed by atoms with Gasteiger partial charge >= 0.3 is 6.09 Å². The Kier molecular flexibility index (Phi) is 8.74. The van der Waals surface area contributed by atoms with Gasteiger partial charge < -0.3 is 15.4 Å². The van der Waals surface area contributed by atoms with Crippen LogP contribution >= 0.6 is 11.3 Å². The number of carbonyl (C=O) groups is 2. The number of nitrogens with zero attached hydrogens (tertiary/aromatic N) is 2. The zero-order chi connectivity index (χ0) is 22.8. The standard InChI is InChI=1S/C24H28N4O3S/c1-17(2)22(28-24(30)31-15-18-7-4-3-5-8-18)23(29)26-12-6-9-21-27-20(16-32-21)19-10-13-25-14-11-19/h3-5,7-8,10-11,13-14,16-17,22H,6,9,12,15H2,1-2H3,(H,26,29)(H,28,30)/t22-/m0/s1. The van der Waals surface area contributed by atoms with E-state index in [4.69, 9.17) is 4.74 Å². The van der Waals surface area contributed by atoms with E-state index < -0.39 is 12.1 Å². The van der Waals surface area contributed by atoms with Crippen molar-refractivity contribution in [3.05, 3.63) is 70.8 Å². The number of amides is 2. The van der Waals surface area contributed by atoms with Gasteiger partial charge in [0.2, 0.25) is 5.91 Å². The fraction of sp³-hybridized carbons (Fsp3) is 0.333. The van der Waals surface area contributed by atoms with E-state index in [0.717, 1.165) is 34.7 Å². The average molecular weight is 453 g/mol. The Bertz CT molecular complexity index is 993. The van der Waals surface area contributed by atoms with E-state index in [1.54, 1.807) is 23.7 Å². The number of carbonyl (C=O) groups excluding carboxylic acids is 2. The number of hydrogen-bond donors (Lipinski definition) is 2. The number of hydrogen-bond acceptors (Lipinski definition) is 6. The lowest BCUT2D eigenvalue weighted by atomic mass is 10.0. The van der Waals surface area contributed by atoms with Crippen molar-refractivity contribution in [1.29, 1.82) is 0 Å². The van der Waals surface area contributed by atoms with E-state index in [0.29, 0.717) is 6.54 Å². The molecule has 2 heterocycles. The van der Waals surface area contributed by atoms with Gasteiger partial charge in [-0.3, -0.25) is 9.78 Å². The Labute approximate surface area is 192 Å². The van der Waals surface area contributed by atoms with E-state index in [9.17, 15) is 9.59 Å². The molecular formula is C24H28N4O3S. The Morgan fingerprint density at radius 1 is 1.09 bits per heavy atom. The molecule has 32 heavy (non-hydrogen) atoms. The van der Waals surface area contributed by atoms with Crippen LogP contribution in [0.1, 0.15) is 30.8 Å². The van der Waals surface area contributed by atoms with Crippen LogP contribution in [0.5, 0.6) is 0 Å². The summed E-state index contributed by atoms with van der Waals surface area (Å²) >= 11 is 1.61. The molecule has 1 aromatic carbocycles. The highest BCUT2D eigenvalue weighted by atomic mass is 32.1. The van der Waals surface area contributed by atoms with Crippen molar-refractivity contribution in [2.75, 3.05) is 6.54 Å². The lowest BCUT2D eigenvalue weighted by Gasteiger charge is -2.21. The molecule has 0 radical (unpaired) electrons. The summed E-state index contributed by atoms with van der Waals surface area (Å²) in [7, 11) is 0. The van der Waals surface area contributed by atoms with Gasteiger partial charge in [0.15, 0.2) is 0 Å². The van der Waals surface area contributed by atoms with Gasteiger partial charge in [-0.05, 0) is 30.0 Å². The third-order valence-corrected chi connectivity index (χ3v) is 5.74. The molecule has 2 aromatic heterocycles. The molecule has 0 spiro atoms. The third-order valence-electron chi connectivity index (χ3n) is 4.83. The van der Waals surface area contributed by atoms with Gasteiger partial charge in [-0.1, -0.05) is 44.2 Å². The van der Waals surface area contributed by atoms with E-state index in [1.165, 1.54) is 0 Å². The molecule has 0 saturated heterocycles. The summed E-state index contributed by atoms with van der Waals surface area (Å²) < 4.78 is 5.24. The maximum atomic E-state index is 12.6. The largest absolute Gasteiger partial charge is 0.445 e. The molecule has 7 nitrogen and oxygen atoms in total. The van der Waals surface area contributed by atoms with E-state index in [2.05, 4.69) is 20.6 Å². The second-order valence-electron chi connectivity index (χ2n) is 7.68. The van der Waals surface area contributed by atoms with Crippen LogP contribution < -0.4 is 10.6 Å². The quantitative estimate of drug-likeness (QED) is 0.450. The van der Waals surface area contributed by atoms with Gasteiger partial charge in [0.1, 0.15) is 12.6 Å². The number of ether oxygens (including phenoxy) is 1. The summed E-state index contributed by atoms with van der Waals surface area (Å²) in [6, 6.07) is 12.6. The molecule has 8 heteroatoms. The number of rotatable bonds is 10. The minimum absolute atomic E-state index is 0.0684. The first kappa shape index (κ1) is 23.4. The second-order valence-corrected chi connectivity index (χ2v) is 8.63. The van der Waals surface area contributed by atoms with Crippen molar-refractivity contribution in [3.8, 4) is 11.3 Å². The predicted molar refractivity (Wildman–Crippen MR) is 125 cm³/mol. The van der Waals surface area contributed by atoms with Gasteiger partial charge in [0.25, 0.3) is 0 Å². The Hall–Kier alpha value is -3.26. The Morgan fingerprint density at radius 3 is 2.56 bits per heavy atom. The van der Waals surface area contributed by atoms with Crippen LogP contribution in [-0.2, 0) is 22.6 Å². The highest BCUT2D eigenvalue weighted by Crippen LogP contribution is 2.21. The number of thiazole rings is 1. The Morgan fingerprint density at radius 2 is 1.84 bits per heavy atom. The van der Waals surface area contributed by atoms with Gasteiger partial charge in [0, 0.05) is 36.3 Å². The smallest absolute Gasteiger partial charge is 0.408 e. The van der Waals surface area contributed by atoms with Crippen LogP contribution in [-0.4, -0.2) is 34.6 Å². The topological polar surface area (TPSA) is 93.2 Å². The maximum Gasteiger partial charge on any atom is 0.408 e. The van der Waals surface area contributed by atoms with Gasteiger partial charge in [-0.2, -0.15) is 0 Å². The predicted octanol–water partition coefficient (Wildman–Crippen LogP) is 4.20. The molecule has 0 aliphatic heterocycles.